The molecule has 0 unspecified atom stereocenters. The number of pyridine rings is 1. The van der Waals surface area contributed by atoms with Crippen molar-refractivity contribution in [2.75, 3.05) is 11.9 Å². The molecular weight excluding hydrogens is 647 g/mol. The van der Waals surface area contributed by atoms with Crippen molar-refractivity contribution in [1.82, 2.24) is 23.8 Å². The van der Waals surface area contributed by atoms with E-state index in [9.17, 15) is 31.6 Å². The number of nitriles is 1. The number of carbonyl (C=O) groups excluding carboxylic acids is 1. The minimum atomic E-state index is -4.90. The highest BCUT2D eigenvalue weighted by molar-refractivity contribution is 7.90. The molecule has 1 amide bonds. The molecule has 246 valence electrons. The summed E-state index contributed by atoms with van der Waals surface area (Å²) >= 11 is 0. The summed E-state index contributed by atoms with van der Waals surface area (Å²) in [4.78, 5) is 26.7. The molecule has 0 bridgehead atoms. The smallest absolute Gasteiger partial charge is 0.419 e. The summed E-state index contributed by atoms with van der Waals surface area (Å²) < 4.78 is 76.8. The third-order valence-corrected chi connectivity index (χ3v) is 9.70. The van der Waals surface area contributed by atoms with Crippen molar-refractivity contribution < 1.29 is 31.1 Å². The van der Waals surface area contributed by atoms with Crippen LogP contribution in [0.4, 0.5) is 23.9 Å². The lowest BCUT2D eigenvalue weighted by Gasteiger charge is -2.37. The number of hydrogen-bond acceptors (Lipinski definition) is 9. The van der Waals surface area contributed by atoms with E-state index in [0.29, 0.717) is 19.0 Å². The van der Waals surface area contributed by atoms with Crippen LogP contribution in [0.2, 0.25) is 0 Å². The highest BCUT2D eigenvalue weighted by Crippen LogP contribution is 2.40. The minimum absolute atomic E-state index is 0.0301. The van der Waals surface area contributed by atoms with Gasteiger partial charge in [0.15, 0.2) is 5.65 Å². The summed E-state index contributed by atoms with van der Waals surface area (Å²) in [6.45, 7) is 2.16. The summed E-state index contributed by atoms with van der Waals surface area (Å²) in [6.07, 6.45) is -2.62. The van der Waals surface area contributed by atoms with Gasteiger partial charge < -0.3 is 15.0 Å². The second-order valence-electron chi connectivity index (χ2n) is 11.2. The number of nitrogens with zero attached hydrogens (tertiary/aromatic N) is 6. The van der Waals surface area contributed by atoms with E-state index in [1.807, 2.05) is 43.3 Å². The average Bonchev–Trinajstić information content (AvgIpc) is 3.48. The molecule has 3 aromatic heterocycles. The van der Waals surface area contributed by atoms with E-state index in [1.165, 1.54) is 36.4 Å². The van der Waals surface area contributed by atoms with E-state index >= 15 is 0 Å². The first-order valence-electron chi connectivity index (χ1n) is 14.9. The van der Waals surface area contributed by atoms with Crippen molar-refractivity contribution in [3.05, 3.63) is 102 Å². The van der Waals surface area contributed by atoms with Crippen molar-refractivity contribution in [3.8, 4) is 17.3 Å². The summed E-state index contributed by atoms with van der Waals surface area (Å²) in [7, 11) is -4.35. The number of likely N-dealkylation sites (tertiary alicyclic amines) is 1. The molecule has 6 rings (SSSR count). The molecule has 0 aliphatic carbocycles. The zero-order valence-corrected chi connectivity index (χ0v) is 26.2. The second kappa shape index (κ2) is 13.0. The normalized spacial score (nSPS) is 16.8. The second-order valence-corrected chi connectivity index (χ2v) is 13.1. The number of ether oxygens (including phenoxy) is 1. The fourth-order valence-electron chi connectivity index (χ4n) is 5.54. The number of anilines is 1. The quantitative estimate of drug-likeness (QED) is 0.213. The van der Waals surface area contributed by atoms with Gasteiger partial charge in [0, 0.05) is 42.0 Å². The van der Waals surface area contributed by atoms with Crippen LogP contribution in [0.25, 0.3) is 22.3 Å². The van der Waals surface area contributed by atoms with Gasteiger partial charge in [-0.05, 0) is 49.6 Å². The van der Waals surface area contributed by atoms with Crippen LogP contribution in [0.5, 0.6) is 0 Å². The minimum Gasteiger partial charge on any atom is -0.445 e. The van der Waals surface area contributed by atoms with Crippen LogP contribution < -0.4 is 5.32 Å². The third-order valence-electron chi connectivity index (χ3n) is 8.04. The Morgan fingerprint density at radius 2 is 1.75 bits per heavy atom. The Hall–Kier alpha value is -5.49. The predicted molar refractivity (Wildman–Crippen MR) is 169 cm³/mol. The topological polar surface area (TPSA) is 143 Å². The van der Waals surface area contributed by atoms with Gasteiger partial charge >= 0.3 is 12.3 Å². The molecule has 1 saturated heterocycles. The first-order chi connectivity index (χ1) is 23.0. The number of rotatable bonds is 7. The third kappa shape index (κ3) is 6.52. The molecule has 5 aromatic rings. The number of carbonyl (C=O) groups is 1. The Morgan fingerprint density at radius 3 is 2.44 bits per heavy atom. The molecule has 2 aromatic carbocycles. The first-order valence-corrected chi connectivity index (χ1v) is 16.3. The fraction of sp³-hybridized carbons (Fsp3) is 0.242. The summed E-state index contributed by atoms with van der Waals surface area (Å²) in [5, 5.41) is 12.5. The lowest BCUT2D eigenvalue weighted by molar-refractivity contribution is -0.137. The molecule has 1 aliphatic rings. The molecule has 1 fully saturated rings. The van der Waals surface area contributed by atoms with Crippen LogP contribution in [-0.4, -0.2) is 57.0 Å². The van der Waals surface area contributed by atoms with E-state index in [4.69, 9.17) is 4.74 Å². The SMILES string of the molecule is C[C@@H]1CC[C@@H](Nc2ncc(C(F)(F)F)c(-c3cn(S(=O)(=O)c4ccccc4)c4nc(C#N)ccc34)n2)CN1C(=O)OCc1ccccc1. The molecule has 2 atom stereocenters. The fourth-order valence-corrected chi connectivity index (χ4v) is 6.88. The van der Waals surface area contributed by atoms with Gasteiger partial charge in [0.05, 0.1) is 10.6 Å². The van der Waals surface area contributed by atoms with E-state index in [0.717, 1.165) is 15.7 Å². The average molecular weight is 676 g/mol. The van der Waals surface area contributed by atoms with Gasteiger partial charge in [0.2, 0.25) is 5.95 Å². The maximum Gasteiger partial charge on any atom is 0.419 e. The van der Waals surface area contributed by atoms with Crippen molar-refractivity contribution in [2.24, 2.45) is 0 Å². The van der Waals surface area contributed by atoms with E-state index < -0.39 is 39.6 Å². The lowest BCUT2D eigenvalue weighted by atomic mass is 10.00. The Bertz CT molecular complexity index is 2120. The Labute approximate surface area is 273 Å². The summed E-state index contributed by atoms with van der Waals surface area (Å²) in [5.74, 6) is -0.149. The highest BCUT2D eigenvalue weighted by atomic mass is 32.2. The van der Waals surface area contributed by atoms with Crippen molar-refractivity contribution >= 4 is 33.1 Å². The predicted octanol–water partition coefficient (Wildman–Crippen LogP) is 6.22. The highest BCUT2D eigenvalue weighted by Gasteiger charge is 2.38. The first kappa shape index (κ1) is 32.5. The number of hydrogen-bond donors (Lipinski definition) is 1. The molecule has 4 heterocycles. The molecule has 1 N–H and O–H groups in total. The molecule has 15 heteroatoms. The molecular formula is C33H28F3N7O4S. The molecule has 11 nitrogen and oxygen atoms in total. The number of amides is 1. The van der Waals surface area contributed by atoms with Crippen molar-refractivity contribution in [3.63, 3.8) is 0 Å². The van der Waals surface area contributed by atoms with Gasteiger partial charge in [0.25, 0.3) is 10.0 Å². The van der Waals surface area contributed by atoms with Crippen LogP contribution in [0, 0.1) is 11.3 Å². The van der Waals surface area contributed by atoms with Crippen LogP contribution in [0.1, 0.15) is 36.6 Å². The maximum atomic E-state index is 14.4. The Balaban J connectivity index is 1.35. The number of fused-ring (bicyclic) bond motifs is 1. The zero-order valence-electron chi connectivity index (χ0n) is 25.4. The van der Waals surface area contributed by atoms with Crippen molar-refractivity contribution in [1.29, 1.82) is 5.26 Å². The molecule has 1 aliphatic heterocycles. The maximum absolute atomic E-state index is 14.4. The molecule has 48 heavy (non-hydrogen) atoms. The van der Waals surface area contributed by atoms with Gasteiger partial charge in [-0.1, -0.05) is 48.5 Å². The molecule has 0 spiro atoms. The van der Waals surface area contributed by atoms with Crippen LogP contribution in [0.15, 0.2) is 90.1 Å². The number of halogens is 3. The van der Waals surface area contributed by atoms with E-state index in [2.05, 4.69) is 20.3 Å². The van der Waals surface area contributed by atoms with Gasteiger partial charge in [-0.2, -0.15) is 18.4 Å². The Morgan fingerprint density at radius 1 is 1.04 bits per heavy atom. The van der Waals surface area contributed by atoms with Gasteiger partial charge in [-0.25, -0.2) is 32.1 Å². The molecule has 0 radical (unpaired) electrons. The van der Waals surface area contributed by atoms with Gasteiger partial charge in [-0.15, -0.1) is 0 Å². The number of benzene rings is 2. The monoisotopic (exact) mass is 675 g/mol. The number of piperidine rings is 1. The van der Waals surface area contributed by atoms with Crippen LogP contribution in [-0.2, 0) is 27.5 Å². The molecule has 0 saturated carbocycles. The number of nitrogens with one attached hydrogen (secondary N) is 1. The zero-order chi connectivity index (χ0) is 34.1. The van der Waals surface area contributed by atoms with Gasteiger partial charge in [-0.3, -0.25) is 0 Å². The number of alkyl halides is 3. The summed E-state index contributed by atoms with van der Waals surface area (Å²) in [6, 6.07) is 20.4. The lowest BCUT2D eigenvalue weighted by Crippen LogP contribution is -2.50. The van der Waals surface area contributed by atoms with E-state index in [1.54, 1.807) is 11.0 Å². The Kier molecular flexibility index (Phi) is 8.76. The number of aromatic nitrogens is 4. The van der Waals surface area contributed by atoms with Crippen LogP contribution in [0.3, 0.4) is 0 Å². The largest absolute Gasteiger partial charge is 0.445 e. The van der Waals surface area contributed by atoms with E-state index in [-0.39, 0.29) is 52.3 Å². The standard InChI is InChI=1S/C33H28F3N7O4S/c1-21-12-13-24(18-42(21)32(44)47-20-22-8-4-2-5-9-22)40-31-38-17-28(33(34,35)36)29(41-31)27-19-43(30-26(27)15-14-23(16-37)39-30)48(45,46)25-10-6-3-7-11-25/h2-11,14-15,17,19,21,24H,12-13,18,20H2,1H3,(H,38,40,41)/t21-,24-/m1/s1. The van der Waals surface area contributed by atoms with Gasteiger partial charge in [0.1, 0.15) is 23.9 Å². The van der Waals surface area contributed by atoms with Crippen molar-refractivity contribution in [2.45, 2.75) is 49.5 Å². The van der Waals surface area contributed by atoms with Crippen LogP contribution >= 0.6 is 0 Å². The summed E-state index contributed by atoms with van der Waals surface area (Å²) in [5.41, 5.74) is -1.49.